The Bertz CT molecular complexity index is 416. The van der Waals surface area contributed by atoms with Gasteiger partial charge in [-0.15, -0.1) is 0 Å². The van der Waals surface area contributed by atoms with Gasteiger partial charge in [0.1, 0.15) is 0 Å². The number of hydrogen-bond donors (Lipinski definition) is 2. The van der Waals surface area contributed by atoms with Gasteiger partial charge in [0.05, 0.1) is 10.0 Å². The third kappa shape index (κ3) is 6.95. The molecule has 19 heavy (non-hydrogen) atoms. The van der Waals surface area contributed by atoms with Crippen LogP contribution in [0.3, 0.4) is 0 Å². The Kier molecular flexibility index (Phi) is 8.10. The molecule has 6 heteroatoms. The molecule has 1 aromatic carbocycles. The van der Waals surface area contributed by atoms with Crippen molar-refractivity contribution in [1.29, 1.82) is 0 Å². The lowest BCUT2D eigenvalue weighted by molar-refractivity contribution is 0.241. The summed E-state index contributed by atoms with van der Waals surface area (Å²) in [7, 11) is 0. The monoisotopic (exact) mass is 320 g/mol. The number of carbonyl (C=O) groups is 1. The number of nitrogens with one attached hydrogen (secondary N) is 2. The van der Waals surface area contributed by atoms with Crippen LogP contribution in [0.15, 0.2) is 18.2 Å². The van der Waals surface area contributed by atoms with E-state index in [1.54, 1.807) is 17.8 Å². The van der Waals surface area contributed by atoms with E-state index in [0.29, 0.717) is 23.1 Å². The van der Waals surface area contributed by atoms with Crippen molar-refractivity contribution in [2.24, 2.45) is 0 Å². The van der Waals surface area contributed by atoms with Crippen LogP contribution in [0.5, 0.6) is 0 Å². The van der Waals surface area contributed by atoms with Crippen molar-refractivity contribution in [3.8, 4) is 0 Å². The van der Waals surface area contributed by atoms with Gasteiger partial charge >= 0.3 is 6.03 Å². The quantitative estimate of drug-likeness (QED) is 0.747. The van der Waals surface area contributed by atoms with Gasteiger partial charge in [-0.25, -0.2) is 4.79 Å². The van der Waals surface area contributed by atoms with Gasteiger partial charge in [0.25, 0.3) is 0 Å². The summed E-state index contributed by atoms with van der Waals surface area (Å²) >= 11 is 13.5. The van der Waals surface area contributed by atoms with Gasteiger partial charge in [-0.2, -0.15) is 11.8 Å². The number of carbonyl (C=O) groups excluding carboxylic acids is 1. The van der Waals surface area contributed by atoms with Gasteiger partial charge in [-0.3, -0.25) is 0 Å². The van der Waals surface area contributed by atoms with Crippen LogP contribution in [0.25, 0.3) is 0 Å². The normalized spacial score (nSPS) is 10.3. The van der Waals surface area contributed by atoms with Gasteiger partial charge in [-0.05, 0) is 24.1 Å². The van der Waals surface area contributed by atoms with Crippen LogP contribution < -0.4 is 10.6 Å². The number of urea groups is 1. The van der Waals surface area contributed by atoms with Crippen LogP contribution in [-0.2, 0) is 5.75 Å². The standard InChI is InChI=1S/C13H18Cl2N2OS/c1-2-5-16-13(18)17-6-7-19-9-10-3-4-11(14)12(15)8-10/h3-4,8H,2,5-7,9H2,1H3,(H2,16,17,18). The summed E-state index contributed by atoms with van der Waals surface area (Å²) in [6.07, 6.45) is 0.944. The molecule has 0 aliphatic rings. The van der Waals surface area contributed by atoms with Gasteiger partial charge in [-0.1, -0.05) is 36.2 Å². The number of rotatable bonds is 7. The fourth-order valence-corrected chi connectivity index (χ4v) is 2.48. The topological polar surface area (TPSA) is 41.1 Å². The molecule has 0 radical (unpaired) electrons. The van der Waals surface area contributed by atoms with Crippen LogP contribution in [0.2, 0.25) is 10.0 Å². The van der Waals surface area contributed by atoms with E-state index in [2.05, 4.69) is 10.6 Å². The van der Waals surface area contributed by atoms with Crippen molar-refractivity contribution in [1.82, 2.24) is 10.6 Å². The zero-order valence-corrected chi connectivity index (χ0v) is 13.2. The molecule has 0 atom stereocenters. The molecule has 0 aliphatic carbocycles. The molecule has 0 unspecified atom stereocenters. The Labute approximate surface area is 128 Å². The fourth-order valence-electron chi connectivity index (χ4n) is 1.36. The molecule has 0 saturated carbocycles. The van der Waals surface area contributed by atoms with E-state index in [1.807, 2.05) is 19.1 Å². The number of thioether (sulfide) groups is 1. The summed E-state index contributed by atoms with van der Waals surface area (Å²) in [5, 5.41) is 6.72. The molecule has 1 aromatic rings. The van der Waals surface area contributed by atoms with Crippen LogP contribution >= 0.6 is 35.0 Å². The maximum atomic E-state index is 11.3. The lowest BCUT2D eigenvalue weighted by Crippen LogP contribution is -2.36. The first-order valence-corrected chi connectivity index (χ1v) is 8.08. The number of benzene rings is 1. The molecule has 0 fully saturated rings. The summed E-state index contributed by atoms with van der Waals surface area (Å²) in [5.41, 5.74) is 1.13. The molecule has 0 heterocycles. The third-order valence-electron chi connectivity index (χ3n) is 2.32. The molecular formula is C13H18Cl2N2OS. The summed E-state index contributed by atoms with van der Waals surface area (Å²) in [6.45, 7) is 3.39. The summed E-state index contributed by atoms with van der Waals surface area (Å²) in [4.78, 5) is 11.3. The predicted molar refractivity (Wildman–Crippen MR) is 84.3 cm³/mol. The Morgan fingerprint density at radius 3 is 2.63 bits per heavy atom. The summed E-state index contributed by atoms with van der Waals surface area (Å²) < 4.78 is 0. The average molecular weight is 321 g/mol. The third-order valence-corrected chi connectivity index (χ3v) is 4.09. The first-order chi connectivity index (χ1) is 9.13. The Balaban J connectivity index is 2.13. The minimum absolute atomic E-state index is 0.100. The molecule has 3 nitrogen and oxygen atoms in total. The minimum Gasteiger partial charge on any atom is -0.338 e. The van der Waals surface area contributed by atoms with Gasteiger partial charge in [0.15, 0.2) is 0 Å². The van der Waals surface area contributed by atoms with Crippen LogP contribution in [0.1, 0.15) is 18.9 Å². The average Bonchev–Trinajstić information content (AvgIpc) is 2.40. The Morgan fingerprint density at radius 1 is 1.21 bits per heavy atom. The lowest BCUT2D eigenvalue weighted by atomic mass is 10.2. The van der Waals surface area contributed by atoms with Gasteiger partial charge < -0.3 is 10.6 Å². The molecule has 1 rings (SSSR count). The highest BCUT2D eigenvalue weighted by molar-refractivity contribution is 7.98. The first-order valence-electron chi connectivity index (χ1n) is 6.17. The molecule has 0 bridgehead atoms. The number of halogens is 2. The highest BCUT2D eigenvalue weighted by atomic mass is 35.5. The molecule has 2 N–H and O–H groups in total. The van der Waals surface area contributed by atoms with E-state index in [4.69, 9.17) is 23.2 Å². The highest BCUT2D eigenvalue weighted by Crippen LogP contribution is 2.24. The van der Waals surface area contributed by atoms with Gasteiger partial charge in [0.2, 0.25) is 0 Å². The molecule has 0 saturated heterocycles. The largest absolute Gasteiger partial charge is 0.338 e. The first kappa shape index (κ1) is 16.5. The van der Waals surface area contributed by atoms with E-state index in [0.717, 1.165) is 23.5 Å². The smallest absolute Gasteiger partial charge is 0.314 e. The van der Waals surface area contributed by atoms with Crippen molar-refractivity contribution in [3.63, 3.8) is 0 Å². The van der Waals surface area contributed by atoms with E-state index in [9.17, 15) is 4.79 Å². The maximum absolute atomic E-state index is 11.3. The molecule has 0 spiro atoms. The second kappa shape index (κ2) is 9.34. The second-order valence-electron chi connectivity index (χ2n) is 3.98. The molecule has 0 aromatic heterocycles. The predicted octanol–water partition coefficient (Wildman–Crippen LogP) is 3.94. The lowest BCUT2D eigenvalue weighted by Gasteiger charge is -2.07. The number of hydrogen-bond acceptors (Lipinski definition) is 2. The van der Waals surface area contributed by atoms with E-state index in [-0.39, 0.29) is 6.03 Å². The summed E-state index contributed by atoms with van der Waals surface area (Å²) in [6, 6.07) is 5.54. The SMILES string of the molecule is CCCNC(=O)NCCSCc1ccc(Cl)c(Cl)c1. The van der Waals surface area contributed by atoms with E-state index < -0.39 is 0 Å². The van der Waals surface area contributed by atoms with Crippen LogP contribution in [0.4, 0.5) is 4.79 Å². The zero-order chi connectivity index (χ0) is 14.1. The number of amides is 2. The van der Waals surface area contributed by atoms with Gasteiger partial charge in [0, 0.05) is 24.6 Å². The van der Waals surface area contributed by atoms with E-state index >= 15 is 0 Å². The molecule has 106 valence electrons. The maximum Gasteiger partial charge on any atom is 0.314 e. The Hall–Kier alpha value is -0.580. The Morgan fingerprint density at radius 2 is 1.95 bits per heavy atom. The molecular weight excluding hydrogens is 303 g/mol. The minimum atomic E-state index is -0.100. The summed E-state index contributed by atoms with van der Waals surface area (Å²) in [5.74, 6) is 1.72. The van der Waals surface area contributed by atoms with Crippen molar-refractivity contribution in [2.75, 3.05) is 18.8 Å². The van der Waals surface area contributed by atoms with Crippen molar-refractivity contribution in [2.45, 2.75) is 19.1 Å². The second-order valence-corrected chi connectivity index (χ2v) is 5.90. The van der Waals surface area contributed by atoms with Crippen LogP contribution in [-0.4, -0.2) is 24.9 Å². The molecule has 2 amide bonds. The highest BCUT2D eigenvalue weighted by Gasteiger charge is 2.01. The van der Waals surface area contributed by atoms with Crippen molar-refractivity contribution < 1.29 is 4.79 Å². The fraction of sp³-hybridized carbons (Fsp3) is 0.462. The zero-order valence-electron chi connectivity index (χ0n) is 10.8. The van der Waals surface area contributed by atoms with E-state index in [1.165, 1.54) is 0 Å². The molecule has 0 aliphatic heterocycles. The van der Waals surface area contributed by atoms with Crippen molar-refractivity contribution in [3.05, 3.63) is 33.8 Å². The van der Waals surface area contributed by atoms with Crippen molar-refractivity contribution >= 4 is 41.0 Å². The van der Waals surface area contributed by atoms with Crippen LogP contribution in [0, 0.1) is 0 Å².